The minimum atomic E-state index is -4.55. The SMILES string of the molecule is O=C(Cc1ccc(O)c(O)c1)Nc1cc(C(F)(F)F)ccc1Cl. The maximum atomic E-state index is 12.7. The minimum absolute atomic E-state index is 0.0279. The van der Waals surface area contributed by atoms with Gasteiger partial charge in [0.05, 0.1) is 22.7 Å². The highest BCUT2D eigenvalue weighted by Gasteiger charge is 2.31. The van der Waals surface area contributed by atoms with Crippen molar-refractivity contribution in [3.8, 4) is 11.5 Å². The van der Waals surface area contributed by atoms with Crippen LogP contribution in [0.2, 0.25) is 5.02 Å². The fourth-order valence-electron chi connectivity index (χ4n) is 1.86. The van der Waals surface area contributed by atoms with Gasteiger partial charge >= 0.3 is 6.18 Å². The third-order valence-electron chi connectivity index (χ3n) is 2.97. The van der Waals surface area contributed by atoms with Crippen LogP contribution in [-0.2, 0) is 17.4 Å². The Morgan fingerprint density at radius 1 is 1.09 bits per heavy atom. The summed E-state index contributed by atoms with van der Waals surface area (Å²) in [5.41, 5.74) is -0.713. The maximum Gasteiger partial charge on any atom is 0.416 e. The Hall–Kier alpha value is -2.41. The first-order chi connectivity index (χ1) is 10.7. The van der Waals surface area contributed by atoms with Crippen molar-refractivity contribution < 1.29 is 28.2 Å². The van der Waals surface area contributed by atoms with E-state index in [-0.39, 0.29) is 22.9 Å². The Morgan fingerprint density at radius 3 is 2.39 bits per heavy atom. The molecule has 0 aliphatic rings. The molecule has 0 spiro atoms. The lowest BCUT2D eigenvalue weighted by atomic mass is 10.1. The second-order valence-electron chi connectivity index (χ2n) is 4.74. The first-order valence-electron chi connectivity index (χ1n) is 6.34. The maximum absolute atomic E-state index is 12.7. The number of carbonyl (C=O) groups is 1. The van der Waals surface area contributed by atoms with E-state index in [0.29, 0.717) is 5.56 Å². The zero-order chi connectivity index (χ0) is 17.2. The van der Waals surface area contributed by atoms with E-state index in [1.165, 1.54) is 18.2 Å². The summed E-state index contributed by atoms with van der Waals surface area (Å²) in [6.07, 6.45) is -4.76. The molecule has 4 nitrogen and oxygen atoms in total. The van der Waals surface area contributed by atoms with Gasteiger partial charge in [0.1, 0.15) is 0 Å². The Balaban J connectivity index is 2.15. The molecule has 0 fully saturated rings. The summed E-state index contributed by atoms with van der Waals surface area (Å²) in [5, 5.41) is 20.8. The topological polar surface area (TPSA) is 69.6 Å². The van der Waals surface area contributed by atoms with Crippen LogP contribution in [0, 0.1) is 0 Å². The van der Waals surface area contributed by atoms with E-state index in [1.54, 1.807) is 0 Å². The molecule has 0 aliphatic heterocycles. The fraction of sp³-hybridized carbons (Fsp3) is 0.133. The van der Waals surface area contributed by atoms with Crippen LogP contribution in [0.4, 0.5) is 18.9 Å². The van der Waals surface area contributed by atoms with Gasteiger partial charge in [-0.25, -0.2) is 0 Å². The smallest absolute Gasteiger partial charge is 0.416 e. The van der Waals surface area contributed by atoms with Crippen LogP contribution >= 0.6 is 11.6 Å². The molecule has 0 aliphatic carbocycles. The molecule has 0 radical (unpaired) electrons. The molecule has 2 aromatic carbocycles. The number of amides is 1. The molecule has 0 saturated carbocycles. The van der Waals surface area contributed by atoms with Crippen molar-refractivity contribution in [2.75, 3.05) is 5.32 Å². The zero-order valence-corrected chi connectivity index (χ0v) is 12.2. The number of halogens is 4. The molecule has 0 saturated heterocycles. The molecule has 1 amide bonds. The molecule has 0 heterocycles. The number of anilines is 1. The lowest BCUT2D eigenvalue weighted by Crippen LogP contribution is -2.15. The number of aromatic hydroxyl groups is 2. The van der Waals surface area contributed by atoms with Gasteiger partial charge in [0.25, 0.3) is 0 Å². The number of phenolic OH excluding ortho intramolecular Hbond substituents is 2. The standard InChI is InChI=1S/C15H11ClF3NO3/c16-10-3-2-9(15(17,18)19)7-11(10)20-14(23)6-8-1-4-12(21)13(22)5-8/h1-5,7,21-22H,6H2,(H,20,23). The normalized spacial score (nSPS) is 11.3. The Morgan fingerprint density at radius 2 is 1.78 bits per heavy atom. The largest absolute Gasteiger partial charge is 0.504 e. The van der Waals surface area contributed by atoms with Crippen molar-refractivity contribution in [2.24, 2.45) is 0 Å². The highest BCUT2D eigenvalue weighted by atomic mass is 35.5. The average Bonchev–Trinajstić information content (AvgIpc) is 2.44. The second-order valence-corrected chi connectivity index (χ2v) is 5.15. The number of rotatable bonds is 3. The van der Waals surface area contributed by atoms with Gasteiger partial charge < -0.3 is 15.5 Å². The summed E-state index contributed by atoms with van der Waals surface area (Å²) in [5.74, 6) is -1.35. The fourth-order valence-corrected chi connectivity index (χ4v) is 2.02. The first kappa shape index (κ1) is 17.0. The molecule has 2 aromatic rings. The van der Waals surface area contributed by atoms with Crippen LogP contribution in [0.15, 0.2) is 36.4 Å². The second kappa shape index (κ2) is 6.37. The van der Waals surface area contributed by atoms with E-state index >= 15 is 0 Å². The van der Waals surface area contributed by atoms with Gasteiger partial charge in [0.2, 0.25) is 5.91 Å². The summed E-state index contributed by atoms with van der Waals surface area (Å²) >= 11 is 5.78. The molecule has 0 unspecified atom stereocenters. The van der Waals surface area contributed by atoms with Gasteiger partial charge in [-0.15, -0.1) is 0 Å². The summed E-state index contributed by atoms with van der Waals surface area (Å²) in [7, 11) is 0. The van der Waals surface area contributed by atoms with Crippen LogP contribution in [0.25, 0.3) is 0 Å². The molecule has 8 heteroatoms. The molecule has 0 bridgehead atoms. The van der Waals surface area contributed by atoms with Crippen molar-refractivity contribution in [2.45, 2.75) is 12.6 Å². The molecule has 0 atom stereocenters. The van der Waals surface area contributed by atoms with Crippen LogP contribution in [0.5, 0.6) is 11.5 Å². The third-order valence-corrected chi connectivity index (χ3v) is 3.30. The van der Waals surface area contributed by atoms with Crippen LogP contribution in [0.3, 0.4) is 0 Å². The monoisotopic (exact) mass is 345 g/mol. The van der Waals surface area contributed by atoms with E-state index in [9.17, 15) is 28.2 Å². The number of phenols is 2. The predicted octanol–water partition coefficient (Wildman–Crippen LogP) is 3.95. The lowest BCUT2D eigenvalue weighted by Gasteiger charge is -2.12. The van der Waals surface area contributed by atoms with Crippen molar-refractivity contribution in [1.29, 1.82) is 0 Å². The zero-order valence-electron chi connectivity index (χ0n) is 11.5. The Bertz CT molecular complexity index is 747. The van der Waals surface area contributed by atoms with Crippen LogP contribution in [-0.4, -0.2) is 16.1 Å². The Labute approximate surface area is 134 Å². The van der Waals surface area contributed by atoms with Crippen molar-refractivity contribution in [3.63, 3.8) is 0 Å². The van der Waals surface area contributed by atoms with Gasteiger partial charge in [-0.1, -0.05) is 17.7 Å². The predicted molar refractivity (Wildman–Crippen MR) is 78.6 cm³/mol. The van der Waals surface area contributed by atoms with Crippen molar-refractivity contribution >= 4 is 23.2 Å². The summed E-state index contributed by atoms with van der Waals surface area (Å²) in [6, 6.07) is 6.40. The number of hydrogen-bond donors (Lipinski definition) is 3. The number of hydrogen-bond acceptors (Lipinski definition) is 3. The highest BCUT2D eigenvalue weighted by molar-refractivity contribution is 6.33. The number of carbonyl (C=O) groups excluding carboxylic acids is 1. The highest BCUT2D eigenvalue weighted by Crippen LogP contribution is 2.34. The van der Waals surface area contributed by atoms with E-state index in [0.717, 1.165) is 18.2 Å². The minimum Gasteiger partial charge on any atom is -0.504 e. The number of alkyl halides is 3. The lowest BCUT2D eigenvalue weighted by molar-refractivity contribution is -0.137. The molecule has 0 aromatic heterocycles. The third kappa shape index (κ3) is 4.29. The van der Waals surface area contributed by atoms with Gasteiger partial charge in [-0.05, 0) is 35.9 Å². The summed E-state index contributed by atoms with van der Waals surface area (Å²) in [6.45, 7) is 0. The molecule has 122 valence electrons. The van der Waals surface area contributed by atoms with Crippen molar-refractivity contribution in [3.05, 3.63) is 52.5 Å². The molecular formula is C15H11ClF3NO3. The van der Waals surface area contributed by atoms with Gasteiger partial charge in [0, 0.05) is 0 Å². The van der Waals surface area contributed by atoms with Crippen molar-refractivity contribution in [1.82, 2.24) is 0 Å². The first-order valence-corrected chi connectivity index (χ1v) is 6.72. The van der Waals surface area contributed by atoms with Gasteiger partial charge in [-0.2, -0.15) is 13.2 Å². The molecule has 2 rings (SSSR count). The van der Waals surface area contributed by atoms with E-state index in [4.69, 9.17) is 11.6 Å². The van der Waals surface area contributed by atoms with Gasteiger partial charge in [0.15, 0.2) is 11.5 Å². The van der Waals surface area contributed by atoms with Gasteiger partial charge in [-0.3, -0.25) is 4.79 Å². The quantitative estimate of drug-likeness (QED) is 0.738. The molecular weight excluding hydrogens is 335 g/mol. The molecule has 23 heavy (non-hydrogen) atoms. The summed E-state index contributed by atoms with van der Waals surface area (Å²) < 4.78 is 38.0. The average molecular weight is 346 g/mol. The van der Waals surface area contributed by atoms with Crippen LogP contribution < -0.4 is 5.32 Å². The molecule has 3 N–H and O–H groups in total. The Kier molecular flexibility index (Phi) is 4.70. The number of benzene rings is 2. The van der Waals surface area contributed by atoms with Crippen LogP contribution in [0.1, 0.15) is 11.1 Å². The summed E-state index contributed by atoms with van der Waals surface area (Å²) in [4.78, 5) is 11.9. The number of nitrogens with one attached hydrogen (secondary N) is 1. The van der Waals surface area contributed by atoms with E-state index < -0.39 is 23.4 Å². The van der Waals surface area contributed by atoms with E-state index in [2.05, 4.69) is 5.32 Å². The van der Waals surface area contributed by atoms with E-state index in [1.807, 2.05) is 0 Å².